The molecular formula is C18H20ClN3O2. The zero-order valence-corrected chi connectivity index (χ0v) is 14.8. The van der Waals surface area contributed by atoms with E-state index < -0.39 is 6.10 Å². The monoisotopic (exact) mass is 345 g/mol. The molecule has 126 valence electrons. The SMILES string of the molecule is CC(O)c1cc(-n2nc3ccc(Cl)cc3n2)c(O)c(C(C)(C)C)c1. The molecule has 2 N–H and O–H groups in total. The lowest BCUT2D eigenvalue weighted by Crippen LogP contribution is -2.14. The van der Waals surface area contributed by atoms with Crippen LogP contribution in [0.1, 0.15) is 44.9 Å². The summed E-state index contributed by atoms with van der Waals surface area (Å²) in [4.78, 5) is 1.39. The van der Waals surface area contributed by atoms with Crippen LogP contribution in [0.5, 0.6) is 5.75 Å². The lowest BCUT2D eigenvalue weighted by Gasteiger charge is -2.23. The molecule has 0 amide bonds. The second-order valence-corrected chi connectivity index (χ2v) is 7.42. The first kappa shape index (κ1) is 16.7. The molecule has 0 radical (unpaired) electrons. The number of nitrogens with zero attached hydrogens (tertiary/aromatic N) is 3. The predicted octanol–water partition coefficient (Wildman–Crippen LogP) is 4.13. The molecule has 1 unspecified atom stereocenters. The van der Waals surface area contributed by atoms with E-state index in [0.29, 0.717) is 27.3 Å². The van der Waals surface area contributed by atoms with Gasteiger partial charge >= 0.3 is 0 Å². The molecule has 24 heavy (non-hydrogen) atoms. The van der Waals surface area contributed by atoms with E-state index in [9.17, 15) is 10.2 Å². The first-order valence-corrected chi connectivity index (χ1v) is 8.13. The van der Waals surface area contributed by atoms with Crippen molar-refractivity contribution in [2.75, 3.05) is 0 Å². The van der Waals surface area contributed by atoms with Crippen molar-refractivity contribution in [2.24, 2.45) is 0 Å². The zero-order valence-electron chi connectivity index (χ0n) is 14.1. The standard InChI is InChI=1S/C18H20ClN3O2/c1-10(23)11-7-13(18(2,3)4)17(24)16(8-11)22-20-14-6-5-12(19)9-15(14)21-22/h5-10,23-24H,1-4H3. The summed E-state index contributed by atoms with van der Waals surface area (Å²) in [6, 6.07) is 8.77. The zero-order chi connectivity index (χ0) is 17.6. The molecule has 3 aromatic rings. The van der Waals surface area contributed by atoms with Gasteiger partial charge in [-0.25, -0.2) is 0 Å². The lowest BCUT2D eigenvalue weighted by molar-refractivity contribution is 0.199. The first-order chi connectivity index (χ1) is 11.2. The minimum atomic E-state index is -0.662. The molecule has 6 heteroatoms. The Kier molecular flexibility index (Phi) is 4.01. The summed E-state index contributed by atoms with van der Waals surface area (Å²) in [7, 11) is 0. The van der Waals surface area contributed by atoms with Gasteiger partial charge < -0.3 is 10.2 Å². The van der Waals surface area contributed by atoms with Crippen molar-refractivity contribution in [2.45, 2.75) is 39.2 Å². The summed E-state index contributed by atoms with van der Waals surface area (Å²) in [6.07, 6.45) is -0.662. The molecular weight excluding hydrogens is 326 g/mol. The third-order valence-electron chi connectivity index (χ3n) is 3.96. The molecule has 5 nitrogen and oxygen atoms in total. The number of aliphatic hydroxyl groups excluding tert-OH is 1. The number of rotatable bonds is 2. The minimum Gasteiger partial charge on any atom is -0.505 e. The normalized spacial score (nSPS) is 13.4. The van der Waals surface area contributed by atoms with Crippen molar-refractivity contribution in [3.05, 3.63) is 46.5 Å². The number of hydrogen-bond donors (Lipinski definition) is 2. The molecule has 0 bridgehead atoms. The fourth-order valence-electron chi connectivity index (χ4n) is 2.60. The number of aromatic nitrogens is 3. The maximum atomic E-state index is 10.8. The van der Waals surface area contributed by atoms with Crippen LogP contribution >= 0.6 is 11.6 Å². The quantitative estimate of drug-likeness (QED) is 0.732. The molecule has 2 aromatic carbocycles. The van der Waals surface area contributed by atoms with E-state index in [-0.39, 0.29) is 11.2 Å². The molecule has 1 aromatic heterocycles. The van der Waals surface area contributed by atoms with Crippen LogP contribution in [-0.4, -0.2) is 25.2 Å². The molecule has 0 saturated heterocycles. The Hall–Kier alpha value is -2.11. The molecule has 0 saturated carbocycles. The Morgan fingerprint density at radius 2 is 1.75 bits per heavy atom. The second-order valence-electron chi connectivity index (χ2n) is 6.98. The Bertz CT molecular complexity index is 911. The summed E-state index contributed by atoms with van der Waals surface area (Å²) in [5.74, 6) is 0.110. The fourth-order valence-corrected chi connectivity index (χ4v) is 2.77. The van der Waals surface area contributed by atoms with Gasteiger partial charge in [-0.3, -0.25) is 0 Å². The van der Waals surface area contributed by atoms with Crippen molar-refractivity contribution in [3.63, 3.8) is 0 Å². The van der Waals surface area contributed by atoms with Crippen LogP contribution in [0.3, 0.4) is 0 Å². The molecule has 0 fully saturated rings. The summed E-state index contributed by atoms with van der Waals surface area (Å²) >= 11 is 6.00. The molecule has 0 aliphatic rings. The average molecular weight is 346 g/mol. The van der Waals surface area contributed by atoms with E-state index in [0.717, 1.165) is 5.56 Å². The third kappa shape index (κ3) is 2.97. The van der Waals surface area contributed by atoms with E-state index in [2.05, 4.69) is 10.2 Å². The van der Waals surface area contributed by atoms with Gasteiger partial charge in [0.25, 0.3) is 0 Å². The number of hydrogen-bond acceptors (Lipinski definition) is 4. The minimum absolute atomic E-state index is 0.110. The van der Waals surface area contributed by atoms with Gasteiger partial charge in [-0.15, -0.1) is 15.0 Å². The fraction of sp³-hybridized carbons (Fsp3) is 0.333. The Labute approximate surface area is 145 Å². The number of fused-ring (bicyclic) bond motifs is 1. The van der Waals surface area contributed by atoms with Gasteiger partial charge in [-0.05, 0) is 48.2 Å². The van der Waals surface area contributed by atoms with E-state index >= 15 is 0 Å². The summed E-state index contributed by atoms with van der Waals surface area (Å²) in [5, 5.41) is 30.2. The second kappa shape index (κ2) is 5.76. The van der Waals surface area contributed by atoms with Gasteiger partial charge in [0.2, 0.25) is 0 Å². The summed E-state index contributed by atoms with van der Waals surface area (Å²) in [5.41, 5.74) is 2.90. The number of aliphatic hydroxyl groups is 1. The number of phenols is 1. The van der Waals surface area contributed by atoms with Crippen molar-refractivity contribution >= 4 is 22.6 Å². The first-order valence-electron chi connectivity index (χ1n) is 7.75. The van der Waals surface area contributed by atoms with Gasteiger partial charge in [-0.1, -0.05) is 32.4 Å². The van der Waals surface area contributed by atoms with Gasteiger partial charge in [-0.2, -0.15) is 0 Å². The number of halogens is 1. The highest BCUT2D eigenvalue weighted by Crippen LogP contribution is 2.37. The highest BCUT2D eigenvalue weighted by atomic mass is 35.5. The van der Waals surface area contributed by atoms with E-state index in [4.69, 9.17) is 11.6 Å². The van der Waals surface area contributed by atoms with Crippen LogP contribution in [0, 0.1) is 0 Å². The van der Waals surface area contributed by atoms with Crippen LogP contribution in [0.2, 0.25) is 5.02 Å². The van der Waals surface area contributed by atoms with E-state index in [1.165, 1.54) is 4.80 Å². The van der Waals surface area contributed by atoms with Gasteiger partial charge in [0, 0.05) is 10.6 Å². The maximum absolute atomic E-state index is 10.8. The van der Waals surface area contributed by atoms with Gasteiger partial charge in [0.05, 0.1) is 6.10 Å². The van der Waals surface area contributed by atoms with Crippen LogP contribution in [-0.2, 0) is 5.41 Å². The Balaban J connectivity index is 2.26. The summed E-state index contributed by atoms with van der Waals surface area (Å²) in [6.45, 7) is 7.70. The molecule has 0 aliphatic carbocycles. The Morgan fingerprint density at radius 3 is 2.38 bits per heavy atom. The van der Waals surface area contributed by atoms with Gasteiger partial charge in [0.1, 0.15) is 22.5 Å². The van der Waals surface area contributed by atoms with Crippen molar-refractivity contribution < 1.29 is 10.2 Å². The topological polar surface area (TPSA) is 71.2 Å². The molecule has 0 spiro atoms. The van der Waals surface area contributed by atoms with Crippen LogP contribution in [0.4, 0.5) is 0 Å². The van der Waals surface area contributed by atoms with Gasteiger partial charge in [0.15, 0.2) is 0 Å². The van der Waals surface area contributed by atoms with Crippen LogP contribution in [0.25, 0.3) is 16.7 Å². The lowest BCUT2D eigenvalue weighted by atomic mass is 9.84. The Morgan fingerprint density at radius 1 is 1.08 bits per heavy atom. The van der Waals surface area contributed by atoms with E-state index in [1.807, 2.05) is 26.8 Å². The van der Waals surface area contributed by atoms with Crippen LogP contribution in [0.15, 0.2) is 30.3 Å². The third-order valence-corrected chi connectivity index (χ3v) is 4.20. The molecule has 0 aliphatic heterocycles. The molecule has 1 heterocycles. The average Bonchev–Trinajstić information content (AvgIpc) is 2.88. The highest BCUT2D eigenvalue weighted by molar-refractivity contribution is 6.31. The number of benzene rings is 2. The number of phenolic OH excluding ortho intramolecular Hbond substituents is 1. The van der Waals surface area contributed by atoms with E-state index in [1.54, 1.807) is 31.2 Å². The molecule has 1 atom stereocenters. The highest BCUT2D eigenvalue weighted by Gasteiger charge is 2.24. The van der Waals surface area contributed by atoms with Crippen molar-refractivity contribution in [1.82, 2.24) is 15.0 Å². The summed E-state index contributed by atoms with van der Waals surface area (Å²) < 4.78 is 0. The largest absolute Gasteiger partial charge is 0.505 e. The van der Waals surface area contributed by atoms with Crippen molar-refractivity contribution in [1.29, 1.82) is 0 Å². The smallest absolute Gasteiger partial charge is 0.146 e. The van der Waals surface area contributed by atoms with Crippen molar-refractivity contribution in [3.8, 4) is 11.4 Å². The maximum Gasteiger partial charge on any atom is 0.146 e. The van der Waals surface area contributed by atoms with Crippen LogP contribution < -0.4 is 0 Å². The number of aromatic hydroxyl groups is 1. The predicted molar refractivity (Wildman–Crippen MR) is 94.9 cm³/mol. The molecule has 3 rings (SSSR count).